The fourth-order valence-electron chi connectivity index (χ4n) is 2.87. The molecule has 3 N–H and O–H groups in total. The first-order valence-corrected chi connectivity index (χ1v) is 7.37. The Kier molecular flexibility index (Phi) is 5.83. The Hall–Kier alpha value is -0.900. The number of hydrogen-bond acceptors (Lipinski definition) is 3. The summed E-state index contributed by atoms with van der Waals surface area (Å²) in [6.07, 6.45) is 6.66. The quantitative estimate of drug-likeness (QED) is 0.828. The van der Waals surface area contributed by atoms with Crippen molar-refractivity contribution in [2.45, 2.75) is 50.8 Å². The molecule has 0 spiro atoms. The first-order valence-electron chi connectivity index (χ1n) is 7.37. The number of nitrogens with one attached hydrogen (secondary N) is 1. The zero-order valence-electron chi connectivity index (χ0n) is 11.9. The Morgan fingerprint density at radius 2 is 1.89 bits per heavy atom. The molecule has 1 unspecified atom stereocenters. The van der Waals surface area contributed by atoms with E-state index in [4.69, 9.17) is 10.5 Å². The molecular formula is C16H26N2O. The zero-order valence-corrected chi connectivity index (χ0v) is 11.9. The molecule has 19 heavy (non-hydrogen) atoms. The second kappa shape index (κ2) is 7.63. The zero-order chi connectivity index (χ0) is 13.5. The maximum Gasteiger partial charge on any atom is 0.0713 e. The lowest BCUT2D eigenvalue weighted by atomic mass is 9.94. The molecule has 0 bridgehead atoms. The lowest BCUT2D eigenvalue weighted by Gasteiger charge is -2.28. The molecule has 3 heteroatoms. The normalized spacial score (nSPS) is 18.4. The van der Waals surface area contributed by atoms with E-state index in [1.165, 1.54) is 43.2 Å². The molecule has 0 aromatic heterocycles. The molecule has 1 fully saturated rings. The van der Waals surface area contributed by atoms with Gasteiger partial charge in [0.25, 0.3) is 0 Å². The molecule has 106 valence electrons. The van der Waals surface area contributed by atoms with Gasteiger partial charge in [0.2, 0.25) is 0 Å². The molecule has 1 aromatic carbocycles. The van der Waals surface area contributed by atoms with Gasteiger partial charge in [0.1, 0.15) is 0 Å². The van der Waals surface area contributed by atoms with Crippen molar-refractivity contribution in [2.75, 3.05) is 13.7 Å². The van der Waals surface area contributed by atoms with Crippen LogP contribution in [0.5, 0.6) is 0 Å². The van der Waals surface area contributed by atoms with Crippen LogP contribution in [-0.2, 0) is 11.3 Å². The topological polar surface area (TPSA) is 47.3 Å². The van der Waals surface area contributed by atoms with E-state index in [0.717, 1.165) is 0 Å². The first kappa shape index (κ1) is 14.5. The van der Waals surface area contributed by atoms with Gasteiger partial charge in [0, 0.05) is 25.7 Å². The van der Waals surface area contributed by atoms with Crippen LogP contribution in [0.2, 0.25) is 0 Å². The van der Waals surface area contributed by atoms with Gasteiger partial charge in [-0.15, -0.1) is 0 Å². The Bertz CT molecular complexity index is 358. The number of ether oxygens (including phenoxy) is 1. The van der Waals surface area contributed by atoms with E-state index in [1.54, 1.807) is 7.11 Å². The molecule has 1 atom stereocenters. The van der Waals surface area contributed by atoms with Gasteiger partial charge in [-0.2, -0.15) is 0 Å². The Balaban J connectivity index is 1.95. The van der Waals surface area contributed by atoms with Gasteiger partial charge in [0.15, 0.2) is 0 Å². The van der Waals surface area contributed by atoms with E-state index in [0.29, 0.717) is 19.2 Å². The summed E-state index contributed by atoms with van der Waals surface area (Å²) in [5.41, 5.74) is 8.42. The van der Waals surface area contributed by atoms with Crippen molar-refractivity contribution in [1.29, 1.82) is 0 Å². The summed E-state index contributed by atoms with van der Waals surface area (Å²) in [4.78, 5) is 0. The maximum absolute atomic E-state index is 5.93. The minimum Gasteiger partial charge on any atom is -0.380 e. The summed E-state index contributed by atoms with van der Waals surface area (Å²) < 4.78 is 5.14. The highest BCUT2D eigenvalue weighted by Crippen LogP contribution is 2.21. The number of methoxy groups -OCH3 is 1. The monoisotopic (exact) mass is 262 g/mol. The molecule has 0 saturated heterocycles. The van der Waals surface area contributed by atoms with Crippen LogP contribution in [-0.4, -0.2) is 19.7 Å². The second-order valence-electron chi connectivity index (χ2n) is 5.46. The Morgan fingerprint density at radius 3 is 2.47 bits per heavy atom. The summed E-state index contributed by atoms with van der Waals surface area (Å²) in [6, 6.07) is 9.51. The third-order valence-electron chi connectivity index (χ3n) is 3.97. The SMILES string of the molecule is COCc1ccc(C(CN)NC2CCCCC2)cc1. The smallest absolute Gasteiger partial charge is 0.0713 e. The van der Waals surface area contributed by atoms with Crippen LogP contribution in [0.25, 0.3) is 0 Å². The molecule has 0 amide bonds. The average molecular weight is 262 g/mol. The third kappa shape index (κ3) is 4.30. The van der Waals surface area contributed by atoms with Gasteiger partial charge in [-0.05, 0) is 24.0 Å². The van der Waals surface area contributed by atoms with Gasteiger partial charge in [-0.1, -0.05) is 43.5 Å². The molecule has 1 aromatic rings. The number of benzene rings is 1. The van der Waals surface area contributed by atoms with Gasteiger partial charge < -0.3 is 15.8 Å². The van der Waals surface area contributed by atoms with Crippen LogP contribution >= 0.6 is 0 Å². The van der Waals surface area contributed by atoms with Crippen LogP contribution in [0, 0.1) is 0 Å². The predicted molar refractivity (Wildman–Crippen MR) is 79.0 cm³/mol. The standard InChI is InChI=1S/C16H26N2O/c1-19-12-13-7-9-14(10-8-13)16(11-17)18-15-5-3-2-4-6-15/h7-10,15-16,18H,2-6,11-12,17H2,1H3. The average Bonchev–Trinajstić information content (AvgIpc) is 2.47. The largest absolute Gasteiger partial charge is 0.380 e. The summed E-state index contributed by atoms with van der Waals surface area (Å²) in [6.45, 7) is 1.32. The van der Waals surface area contributed by atoms with Crippen LogP contribution in [0.3, 0.4) is 0 Å². The highest BCUT2D eigenvalue weighted by atomic mass is 16.5. The van der Waals surface area contributed by atoms with Crippen molar-refractivity contribution in [1.82, 2.24) is 5.32 Å². The van der Waals surface area contributed by atoms with Gasteiger partial charge in [-0.3, -0.25) is 0 Å². The lowest BCUT2D eigenvalue weighted by molar-refractivity contribution is 0.185. The van der Waals surface area contributed by atoms with Crippen LogP contribution < -0.4 is 11.1 Å². The Labute approximate surface area is 116 Å². The summed E-state index contributed by atoms with van der Waals surface area (Å²) >= 11 is 0. The number of nitrogens with two attached hydrogens (primary N) is 1. The molecule has 1 aliphatic rings. The summed E-state index contributed by atoms with van der Waals surface area (Å²) in [7, 11) is 1.72. The van der Waals surface area contributed by atoms with Crippen LogP contribution in [0.15, 0.2) is 24.3 Å². The van der Waals surface area contributed by atoms with E-state index in [-0.39, 0.29) is 6.04 Å². The highest BCUT2D eigenvalue weighted by molar-refractivity contribution is 5.25. The molecule has 1 aliphatic carbocycles. The molecule has 0 heterocycles. The van der Waals surface area contributed by atoms with E-state index in [2.05, 4.69) is 29.6 Å². The van der Waals surface area contributed by atoms with Gasteiger partial charge in [-0.25, -0.2) is 0 Å². The first-order chi connectivity index (χ1) is 9.33. The second-order valence-corrected chi connectivity index (χ2v) is 5.46. The molecule has 0 aliphatic heterocycles. The highest BCUT2D eigenvalue weighted by Gasteiger charge is 2.18. The number of rotatable bonds is 6. The van der Waals surface area contributed by atoms with Gasteiger partial charge in [0.05, 0.1) is 6.61 Å². The van der Waals surface area contributed by atoms with Crippen molar-refractivity contribution in [2.24, 2.45) is 5.73 Å². The minimum atomic E-state index is 0.277. The van der Waals surface area contributed by atoms with Crippen molar-refractivity contribution in [3.8, 4) is 0 Å². The van der Waals surface area contributed by atoms with Crippen molar-refractivity contribution in [3.63, 3.8) is 0 Å². The molecule has 0 radical (unpaired) electrons. The van der Waals surface area contributed by atoms with Gasteiger partial charge >= 0.3 is 0 Å². The van der Waals surface area contributed by atoms with Crippen molar-refractivity contribution in [3.05, 3.63) is 35.4 Å². The third-order valence-corrected chi connectivity index (χ3v) is 3.97. The molecule has 1 saturated carbocycles. The van der Waals surface area contributed by atoms with Crippen molar-refractivity contribution >= 4 is 0 Å². The number of hydrogen-bond donors (Lipinski definition) is 2. The fourth-order valence-corrected chi connectivity index (χ4v) is 2.87. The predicted octanol–water partition coefficient (Wildman–Crippen LogP) is 2.76. The molecular weight excluding hydrogens is 236 g/mol. The van der Waals surface area contributed by atoms with E-state index in [1.807, 2.05) is 0 Å². The van der Waals surface area contributed by atoms with E-state index in [9.17, 15) is 0 Å². The maximum atomic E-state index is 5.93. The fraction of sp³-hybridized carbons (Fsp3) is 0.625. The van der Waals surface area contributed by atoms with Crippen LogP contribution in [0.1, 0.15) is 49.3 Å². The Morgan fingerprint density at radius 1 is 1.21 bits per heavy atom. The summed E-state index contributed by atoms with van der Waals surface area (Å²) in [5.74, 6) is 0. The minimum absolute atomic E-state index is 0.277. The summed E-state index contributed by atoms with van der Waals surface area (Å²) in [5, 5.41) is 3.72. The molecule has 2 rings (SSSR count). The van der Waals surface area contributed by atoms with Crippen LogP contribution in [0.4, 0.5) is 0 Å². The van der Waals surface area contributed by atoms with E-state index < -0.39 is 0 Å². The lowest BCUT2D eigenvalue weighted by Crippen LogP contribution is -2.37. The molecule has 3 nitrogen and oxygen atoms in total. The van der Waals surface area contributed by atoms with E-state index >= 15 is 0 Å². The van der Waals surface area contributed by atoms with Crippen molar-refractivity contribution < 1.29 is 4.74 Å².